The molecule has 0 amide bonds. The molecule has 0 aliphatic rings. The van der Waals surface area contributed by atoms with Crippen molar-refractivity contribution in [2.24, 2.45) is 0 Å². The van der Waals surface area contributed by atoms with Gasteiger partial charge in [0, 0.05) is 527 Å². The van der Waals surface area contributed by atoms with Crippen LogP contribution in [-0.4, -0.2) is 5.75 Å². The van der Waals surface area contributed by atoms with E-state index < -0.39 is 6.18 Å². The van der Waals surface area contributed by atoms with Crippen LogP contribution in [0.25, 0.3) is 0 Å². The highest BCUT2D eigenvalue weighted by Gasteiger charge is 2.07. The first-order chi connectivity index (χ1) is 37.1. The van der Waals surface area contributed by atoms with E-state index in [9.17, 15) is 0 Å². The van der Waals surface area contributed by atoms with Crippen LogP contribution in [0.3, 0.4) is 0 Å². The fourth-order valence-electron chi connectivity index (χ4n) is 0.851. The Bertz CT molecular complexity index is 1080. The van der Waals surface area contributed by atoms with Crippen LogP contribution in [0.4, 0.5) is 0 Å². The molecule has 0 heterocycles. The fraction of sp³-hybridized carbons (Fsp3) is 1.00. The molecule has 0 aromatic carbocycles. The Morgan fingerprint density at radius 2 is 0.280 bits per heavy atom. The van der Waals surface area contributed by atoms with Gasteiger partial charge in [0.1, 0.15) is 0 Å². The highest BCUT2D eigenvalue weighted by Crippen LogP contribution is 2.71. The molecule has 0 saturated carbocycles. The molecule has 0 aromatic rings. The zero-order valence-electron chi connectivity index (χ0n) is 31.5. The molecule has 0 aliphatic heterocycles. The number of thiol groups is 1. The summed E-state index contributed by atoms with van der Waals surface area (Å²) < 4.78 is 0. The van der Waals surface area contributed by atoms with Gasteiger partial charge in [-0.15, -0.1) is 0 Å². The van der Waals surface area contributed by atoms with Crippen LogP contribution in [0.5, 0.6) is 0 Å². The number of hydrogen-bond acceptors (Lipinski definition) is 72. The van der Waals surface area contributed by atoms with Gasteiger partial charge in [-0.2, -0.15) is 0 Å². The monoisotopic (exact) mass is 2360 g/mol. The molecule has 0 radical (unpaired) electrons. The van der Waals surface area contributed by atoms with Crippen LogP contribution in [0.2, 0.25) is 0 Å². The summed E-state index contributed by atoms with van der Waals surface area (Å²) in [6, 6.07) is 0. The van der Waals surface area contributed by atoms with Gasteiger partial charge in [-0.1, -0.05) is 18.6 Å². The van der Waals surface area contributed by atoms with Crippen LogP contribution in [0.1, 0.15) is 6.92 Å². The average Bonchev–Trinajstić information content (AvgIpc) is 3.41. The first-order valence-corrected chi connectivity index (χ1v) is 110. The summed E-state index contributed by atoms with van der Waals surface area (Å²) in [7, 11) is 125. The van der Waals surface area contributed by atoms with Gasteiger partial charge in [0.05, 0.1) is 0 Å². The van der Waals surface area contributed by atoms with Crippen molar-refractivity contribution in [1.29, 1.82) is 0 Å². The summed E-state index contributed by atoms with van der Waals surface area (Å²) >= 11 is 14.9. The van der Waals surface area contributed by atoms with Gasteiger partial charge in [-0.05, 0) is 186 Å². The van der Waals surface area contributed by atoms with Crippen molar-refractivity contribution in [3.05, 3.63) is 0 Å². The molecule has 0 rings (SSSR count). The predicted octanol–water partition coefficient (Wildman–Crippen LogP) is 45.7. The van der Waals surface area contributed by atoms with Crippen molar-refractivity contribution < 1.29 is 0 Å². The highest BCUT2D eigenvalue weighted by molar-refractivity contribution is 9.65. The molecule has 73 heteroatoms. The van der Waals surface area contributed by atoms with Crippen LogP contribution in [0.15, 0.2) is 0 Å². The quantitative estimate of drug-likeness (QED) is 0.0349. The molecule has 0 fully saturated rings. The zero-order valence-corrected chi connectivity index (χ0v) is 91.2. The van der Waals surface area contributed by atoms with Gasteiger partial charge < -0.3 is 0 Å². The highest BCUT2D eigenvalue weighted by atomic mass is 34.1. The first kappa shape index (κ1) is 100. The van der Waals surface area contributed by atoms with Crippen LogP contribution in [-0.2, 0) is 28.6 Å². The lowest BCUT2D eigenvalue weighted by Gasteiger charge is -2.03. The molecule has 0 atom stereocenters. The molecule has 0 nitrogen and oxygen atoms in total. The van der Waals surface area contributed by atoms with Crippen molar-refractivity contribution in [2.75, 3.05) is 5.75 Å². The van der Waals surface area contributed by atoms with Gasteiger partial charge in [0.25, 0.3) is 0 Å². The normalized spacial score (nSPS) is 12.0. The standard InChI is InChI=1S/C2H6S73/c1-2-75(4,5)74-73-72-71-70-69-68-67-66-65-64-63-62-61-60-59-58-57-56-55-54-53-52-51-50-49-48-47-46-45-44-43-42-41-40-39-38-37-36-35-34-33-32-31-30-29-28-27-26-25-24-23-22-21-20-19-18-17-16-15-14-13-12-11-10-9-8-7-6-3/h3H,2H2,1H3. The van der Waals surface area contributed by atoms with E-state index in [0.29, 0.717) is 0 Å². The molecule has 0 aromatic heterocycles. The van der Waals surface area contributed by atoms with Gasteiger partial charge in [0.15, 0.2) is 0 Å². The SMILES string of the molecule is CCS(=S)(=S)SSSSSSSSSSSSSSSSSSSSSSSSSSSSSSSSSSSSSSSSSSSSSSSSSSSSSSSSSSSSSSSSSSSSSS. The van der Waals surface area contributed by atoms with Gasteiger partial charge >= 0.3 is 0 Å². The Kier molecular flexibility index (Phi) is 125. The average molecular weight is 2370 g/mol. The van der Waals surface area contributed by atoms with Crippen LogP contribution in [0, 0.1) is 0 Å². The van der Waals surface area contributed by atoms with Gasteiger partial charge in [-0.3, -0.25) is 0 Å². The maximum atomic E-state index is 5.40. The summed E-state index contributed by atoms with van der Waals surface area (Å²) in [6.45, 7) is 2.08. The van der Waals surface area contributed by atoms with Crippen molar-refractivity contribution in [3.8, 4) is 0 Å². The zero-order chi connectivity index (χ0) is 54.0. The molecule has 0 aliphatic carbocycles. The maximum Gasteiger partial charge on any atom is 0.00918 e. The lowest BCUT2D eigenvalue weighted by molar-refractivity contribution is 1.54. The second-order valence-electron chi connectivity index (χ2n) is 5.55. The summed E-state index contributed by atoms with van der Waals surface area (Å²) in [5.74, 6) is 0.912. The minimum Gasteiger partial charge on any atom is -0.0988 e. The van der Waals surface area contributed by atoms with Gasteiger partial charge in [0.2, 0.25) is 0 Å². The van der Waals surface area contributed by atoms with E-state index in [2.05, 4.69) is 18.6 Å². The molecular formula is C2H6S73. The van der Waals surface area contributed by atoms with E-state index >= 15 is 0 Å². The minimum absolute atomic E-state index is 0.912. The second kappa shape index (κ2) is 93.5. The number of rotatable bonds is 70. The maximum absolute atomic E-state index is 5.40. The third-order valence-electron chi connectivity index (χ3n) is 2.35. The molecule has 0 saturated heterocycles. The summed E-state index contributed by atoms with van der Waals surface area (Å²) in [4.78, 5) is 0. The van der Waals surface area contributed by atoms with Crippen LogP contribution >= 0.6 is 690 Å². The molecule has 0 bridgehead atoms. The van der Waals surface area contributed by atoms with Gasteiger partial charge in [-0.25, -0.2) is 0 Å². The smallest absolute Gasteiger partial charge is 0.00918 e. The molecular weight excluding hydrogens is 2360 g/mol. The lowest BCUT2D eigenvalue weighted by Crippen LogP contribution is -1.88. The Hall–Kier alpha value is 25.3. The Labute approximate surface area is 710 Å². The van der Waals surface area contributed by atoms with E-state index in [1.54, 1.807) is 118 Å². The van der Waals surface area contributed by atoms with E-state index in [4.69, 9.17) is 22.4 Å². The third kappa shape index (κ3) is 95.3. The Morgan fingerprint density at radius 3 is 0.373 bits per heavy atom. The molecule has 0 unspecified atom stereocenters. The topological polar surface area (TPSA) is 0 Å². The van der Waals surface area contributed by atoms with E-state index in [1.807, 2.05) is 550 Å². The number of hydrogen-bond donors (Lipinski definition) is 1. The molecule has 0 N–H and O–H groups in total. The minimum atomic E-state index is -1.30. The third-order valence-corrected chi connectivity index (χ3v) is 162. The van der Waals surface area contributed by atoms with E-state index in [-0.39, 0.29) is 0 Å². The first-order valence-electron chi connectivity index (χ1n) is 13.0. The second-order valence-corrected chi connectivity index (χ2v) is 136. The molecule has 75 heavy (non-hydrogen) atoms. The van der Waals surface area contributed by atoms with Crippen molar-refractivity contribution in [3.63, 3.8) is 0 Å². The summed E-state index contributed by atoms with van der Waals surface area (Å²) in [5, 5.41) is 0. The van der Waals surface area contributed by atoms with Crippen molar-refractivity contribution in [1.82, 2.24) is 0 Å². The fourth-order valence-corrected chi connectivity index (χ4v) is 193. The van der Waals surface area contributed by atoms with Crippen LogP contribution < -0.4 is 0 Å². The Balaban J connectivity index is 3.09. The Morgan fingerprint density at radius 1 is 0.187 bits per heavy atom. The molecule has 452 valence electrons. The van der Waals surface area contributed by atoms with Crippen molar-refractivity contribution >= 4 is 718 Å². The molecule has 0 spiro atoms. The summed E-state index contributed by atoms with van der Waals surface area (Å²) in [6.07, 6.45) is -1.30. The van der Waals surface area contributed by atoms with Crippen molar-refractivity contribution in [2.45, 2.75) is 6.92 Å². The largest absolute Gasteiger partial charge is 0.0988 e. The van der Waals surface area contributed by atoms with E-state index in [0.717, 1.165) is 5.75 Å². The van der Waals surface area contributed by atoms with E-state index in [1.165, 1.54) is 9.83 Å². The predicted molar refractivity (Wildman–Crippen MR) is 565 cm³/mol. The lowest BCUT2D eigenvalue weighted by atomic mass is 11.0. The summed E-state index contributed by atoms with van der Waals surface area (Å²) in [5.41, 5.74) is 0.